The minimum Gasteiger partial charge on any atom is -0.493 e. The first-order valence-electron chi connectivity index (χ1n) is 8.95. The molecule has 0 aliphatic carbocycles. The van der Waals surface area contributed by atoms with E-state index >= 15 is 0 Å². The zero-order valence-corrected chi connectivity index (χ0v) is 15.9. The van der Waals surface area contributed by atoms with Crippen molar-refractivity contribution in [2.24, 2.45) is 5.10 Å². The summed E-state index contributed by atoms with van der Waals surface area (Å²) in [7, 11) is 1.58. The second-order valence-electron chi connectivity index (χ2n) is 6.38. The molecule has 2 aromatic heterocycles. The molecule has 0 spiro atoms. The van der Waals surface area contributed by atoms with Gasteiger partial charge in [0, 0.05) is 10.9 Å². The summed E-state index contributed by atoms with van der Waals surface area (Å²) in [5.41, 5.74) is 3.60. The predicted molar refractivity (Wildman–Crippen MR) is 110 cm³/mol. The van der Waals surface area contributed by atoms with Gasteiger partial charge in [-0.25, -0.2) is 4.98 Å². The standard InChI is InChI=1S/C21H20N4O3/c1-4-28-17-8-6-14(10-18(17)27-3)11-23-25-12-22-19-15-9-13(2)5-7-16(15)24-20(19)21(25)26/h5-12,24H,4H2,1-3H3. The molecule has 7 nitrogen and oxygen atoms in total. The Kier molecular flexibility index (Phi) is 4.57. The average Bonchev–Trinajstić information content (AvgIpc) is 3.07. The number of aromatic amines is 1. The number of methoxy groups -OCH3 is 1. The van der Waals surface area contributed by atoms with Gasteiger partial charge in [-0.3, -0.25) is 4.79 Å². The molecule has 0 unspecified atom stereocenters. The molecule has 0 saturated carbocycles. The molecule has 28 heavy (non-hydrogen) atoms. The van der Waals surface area contributed by atoms with E-state index < -0.39 is 0 Å². The summed E-state index contributed by atoms with van der Waals surface area (Å²) in [5.74, 6) is 1.27. The third kappa shape index (κ3) is 3.11. The number of nitrogens with one attached hydrogen (secondary N) is 1. The first kappa shape index (κ1) is 17.8. The van der Waals surface area contributed by atoms with Crippen LogP contribution < -0.4 is 15.0 Å². The van der Waals surface area contributed by atoms with Gasteiger partial charge in [0.2, 0.25) is 0 Å². The lowest BCUT2D eigenvalue weighted by atomic mass is 10.2. The second-order valence-corrected chi connectivity index (χ2v) is 6.38. The molecule has 2 aromatic carbocycles. The van der Waals surface area contributed by atoms with Gasteiger partial charge < -0.3 is 14.5 Å². The van der Waals surface area contributed by atoms with Crippen LogP contribution in [0.3, 0.4) is 0 Å². The molecule has 0 radical (unpaired) electrons. The van der Waals surface area contributed by atoms with Crippen molar-refractivity contribution in [2.75, 3.05) is 13.7 Å². The third-order valence-corrected chi connectivity index (χ3v) is 4.46. The van der Waals surface area contributed by atoms with Crippen LogP contribution in [0, 0.1) is 6.92 Å². The zero-order chi connectivity index (χ0) is 19.7. The summed E-state index contributed by atoms with van der Waals surface area (Å²) < 4.78 is 12.1. The fourth-order valence-corrected chi connectivity index (χ4v) is 3.11. The van der Waals surface area contributed by atoms with Crippen LogP contribution in [0.2, 0.25) is 0 Å². The summed E-state index contributed by atoms with van der Waals surface area (Å²) in [6.45, 7) is 4.47. The van der Waals surface area contributed by atoms with Crippen LogP contribution in [-0.2, 0) is 0 Å². The van der Waals surface area contributed by atoms with Crippen molar-refractivity contribution in [3.8, 4) is 11.5 Å². The molecule has 0 amide bonds. The van der Waals surface area contributed by atoms with Gasteiger partial charge in [-0.15, -0.1) is 0 Å². The number of ether oxygens (including phenoxy) is 2. The molecular formula is C21H20N4O3. The normalized spacial score (nSPS) is 11.5. The maximum Gasteiger partial charge on any atom is 0.298 e. The molecule has 4 aromatic rings. The first-order valence-corrected chi connectivity index (χ1v) is 8.95. The molecule has 1 N–H and O–H groups in total. The molecule has 0 bridgehead atoms. The monoisotopic (exact) mass is 376 g/mol. The Morgan fingerprint density at radius 1 is 1.21 bits per heavy atom. The summed E-state index contributed by atoms with van der Waals surface area (Å²) in [5, 5.41) is 5.20. The Hall–Kier alpha value is -3.61. The van der Waals surface area contributed by atoms with E-state index in [9.17, 15) is 4.79 Å². The predicted octanol–water partition coefficient (Wildman–Crippen LogP) is 3.48. The fraction of sp³-hybridized carbons (Fsp3) is 0.190. The van der Waals surface area contributed by atoms with Gasteiger partial charge in [0.1, 0.15) is 17.4 Å². The van der Waals surface area contributed by atoms with Gasteiger partial charge in [-0.05, 0) is 49.7 Å². The molecular weight excluding hydrogens is 356 g/mol. The summed E-state index contributed by atoms with van der Waals surface area (Å²) in [6.07, 6.45) is 3.02. The third-order valence-electron chi connectivity index (χ3n) is 4.46. The van der Waals surface area contributed by atoms with Gasteiger partial charge in [-0.2, -0.15) is 9.78 Å². The molecule has 0 aliphatic heterocycles. The Bertz CT molecular complexity index is 1250. The van der Waals surface area contributed by atoms with E-state index in [1.165, 1.54) is 11.0 Å². The molecule has 2 heterocycles. The van der Waals surface area contributed by atoms with Gasteiger partial charge in [-0.1, -0.05) is 11.6 Å². The Balaban J connectivity index is 1.73. The van der Waals surface area contributed by atoms with Crippen LogP contribution in [0.25, 0.3) is 21.9 Å². The number of hydrogen-bond acceptors (Lipinski definition) is 5. The fourth-order valence-electron chi connectivity index (χ4n) is 3.11. The lowest BCUT2D eigenvalue weighted by Gasteiger charge is -2.09. The van der Waals surface area contributed by atoms with Crippen LogP contribution in [-0.4, -0.2) is 34.6 Å². The van der Waals surface area contributed by atoms with E-state index in [-0.39, 0.29) is 5.56 Å². The molecule has 0 aliphatic rings. The number of fused-ring (bicyclic) bond motifs is 3. The maximum absolute atomic E-state index is 12.8. The highest BCUT2D eigenvalue weighted by Crippen LogP contribution is 2.27. The van der Waals surface area contributed by atoms with E-state index in [2.05, 4.69) is 15.1 Å². The lowest BCUT2D eigenvalue weighted by Crippen LogP contribution is -2.17. The van der Waals surface area contributed by atoms with Crippen molar-refractivity contribution < 1.29 is 9.47 Å². The van der Waals surface area contributed by atoms with E-state index in [1.54, 1.807) is 19.4 Å². The molecule has 142 valence electrons. The maximum atomic E-state index is 12.8. The minimum absolute atomic E-state index is 0.256. The Morgan fingerprint density at radius 3 is 2.86 bits per heavy atom. The van der Waals surface area contributed by atoms with E-state index in [0.717, 1.165) is 22.0 Å². The van der Waals surface area contributed by atoms with E-state index in [0.29, 0.717) is 29.1 Å². The highest BCUT2D eigenvalue weighted by Gasteiger charge is 2.11. The highest BCUT2D eigenvalue weighted by molar-refractivity contribution is 6.04. The number of hydrogen-bond donors (Lipinski definition) is 1. The number of rotatable bonds is 5. The van der Waals surface area contributed by atoms with Crippen molar-refractivity contribution in [3.05, 3.63) is 64.2 Å². The number of aromatic nitrogens is 3. The van der Waals surface area contributed by atoms with E-state index in [1.807, 2.05) is 44.2 Å². The number of nitrogens with zero attached hydrogens (tertiary/aromatic N) is 3. The number of H-pyrrole nitrogens is 1. The van der Waals surface area contributed by atoms with Gasteiger partial charge in [0.05, 0.1) is 19.9 Å². The summed E-state index contributed by atoms with van der Waals surface area (Å²) in [4.78, 5) is 20.4. The van der Waals surface area contributed by atoms with Crippen LogP contribution in [0.4, 0.5) is 0 Å². The average molecular weight is 376 g/mol. The van der Waals surface area contributed by atoms with Crippen LogP contribution in [0.5, 0.6) is 11.5 Å². The van der Waals surface area contributed by atoms with Crippen molar-refractivity contribution in [1.29, 1.82) is 0 Å². The SMILES string of the molecule is CCOc1ccc(C=Nn2cnc3c([nH]c4ccc(C)cc43)c2=O)cc1OC. The first-order chi connectivity index (χ1) is 13.6. The van der Waals surface area contributed by atoms with Crippen molar-refractivity contribution in [1.82, 2.24) is 14.6 Å². The number of aryl methyl sites for hydroxylation is 1. The topological polar surface area (TPSA) is 81.5 Å². The highest BCUT2D eigenvalue weighted by atomic mass is 16.5. The van der Waals surface area contributed by atoms with Crippen molar-refractivity contribution in [3.63, 3.8) is 0 Å². The van der Waals surface area contributed by atoms with Crippen LogP contribution in [0.15, 0.2) is 52.6 Å². The van der Waals surface area contributed by atoms with Crippen LogP contribution >= 0.6 is 0 Å². The van der Waals surface area contributed by atoms with Gasteiger partial charge in [0.15, 0.2) is 11.5 Å². The van der Waals surface area contributed by atoms with Crippen molar-refractivity contribution in [2.45, 2.75) is 13.8 Å². The Labute approximate surface area is 161 Å². The molecule has 0 saturated heterocycles. The molecule has 0 atom stereocenters. The van der Waals surface area contributed by atoms with Gasteiger partial charge in [0.25, 0.3) is 5.56 Å². The molecule has 4 rings (SSSR count). The minimum atomic E-state index is -0.256. The summed E-state index contributed by atoms with van der Waals surface area (Å²) in [6, 6.07) is 11.4. The lowest BCUT2D eigenvalue weighted by molar-refractivity contribution is 0.311. The van der Waals surface area contributed by atoms with Gasteiger partial charge >= 0.3 is 0 Å². The summed E-state index contributed by atoms with van der Waals surface area (Å²) >= 11 is 0. The smallest absolute Gasteiger partial charge is 0.298 e. The molecule has 7 heteroatoms. The quantitative estimate of drug-likeness (QED) is 0.541. The molecule has 0 fully saturated rings. The van der Waals surface area contributed by atoms with E-state index in [4.69, 9.17) is 9.47 Å². The Morgan fingerprint density at radius 2 is 2.07 bits per heavy atom. The van der Waals surface area contributed by atoms with Crippen molar-refractivity contribution >= 4 is 28.2 Å². The largest absolute Gasteiger partial charge is 0.493 e. The number of benzene rings is 2. The second kappa shape index (κ2) is 7.19. The zero-order valence-electron chi connectivity index (χ0n) is 15.9. The van der Waals surface area contributed by atoms with Crippen LogP contribution in [0.1, 0.15) is 18.1 Å².